The highest BCUT2D eigenvalue weighted by atomic mass is 15.1. The fraction of sp³-hybridized carbons (Fsp3) is 0.467. The summed E-state index contributed by atoms with van der Waals surface area (Å²) in [5.41, 5.74) is 1.82. The molecule has 0 amide bonds. The van der Waals surface area contributed by atoms with Crippen molar-refractivity contribution in [2.24, 2.45) is 5.41 Å². The third kappa shape index (κ3) is 2.70. The Bertz CT molecular complexity index is 466. The molecule has 1 saturated heterocycles. The number of nitrogens with zero attached hydrogens (tertiary/aromatic N) is 3. The van der Waals surface area contributed by atoms with Crippen LogP contribution in [-0.2, 0) is 6.54 Å². The molecule has 1 aliphatic rings. The lowest BCUT2D eigenvalue weighted by Crippen LogP contribution is -2.38. The van der Waals surface area contributed by atoms with E-state index in [0.29, 0.717) is 12.8 Å². The SMILES string of the molecule is Cc1ccc(CN2CCC(C#N)(C#N)CC2)cc1. The molecule has 0 unspecified atom stereocenters. The van der Waals surface area contributed by atoms with Crippen LogP contribution in [0.25, 0.3) is 0 Å². The molecule has 3 heteroatoms. The molecule has 92 valence electrons. The molecule has 0 saturated carbocycles. The minimum atomic E-state index is -0.746. The van der Waals surface area contributed by atoms with Crippen LogP contribution in [0.4, 0.5) is 0 Å². The Balaban J connectivity index is 1.94. The largest absolute Gasteiger partial charge is 0.299 e. The van der Waals surface area contributed by atoms with Gasteiger partial charge < -0.3 is 0 Å². The molecule has 1 fully saturated rings. The van der Waals surface area contributed by atoms with E-state index in [0.717, 1.165) is 19.6 Å². The van der Waals surface area contributed by atoms with Crippen molar-refractivity contribution < 1.29 is 0 Å². The van der Waals surface area contributed by atoms with Crippen molar-refractivity contribution in [1.82, 2.24) is 4.90 Å². The molecule has 18 heavy (non-hydrogen) atoms. The van der Waals surface area contributed by atoms with Crippen LogP contribution in [0, 0.1) is 35.0 Å². The van der Waals surface area contributed by atoms with Crippen LogP contribution in [0.3, 0.4) is 0 Å². The van der Waals surface area contributed by atoms with E-state index < -0.39 is 5.41 Å². The molecule has 0 aliphatic carbocycles. The maximum Gasteiger partial charge on any atom is 0.146 e. The summed E-state index contributed by atoms with van der Waals surface area (Å²) < 4.78 is 0. The van der Waals surface area contributed by atoms with Crippen LogP contribution in [0.5, 0.6) is 0 Å². The highest BCUT2D eigenvalue weighted by Gasteiger charge is 2.34. The highest BCUT2D eigenvalue weighted by Crippen LogP contribution is 2.30. The van der Waals surface area contributed by atoms with Crippen molar-refractivity contribution in [2.45, 2.75) is 26.3 Å². The first-order valence-electron chi connectivity index (χ1n) is 6.28. The Morgan fingerprint density at radius 2 is 1.67 bits per heavy atom. The minimum Gasteiger partial charge on any atom is -0.299 e. The van der Waals surface area contributed by atoms with Crippen LogP contribution in [0.15, 0.2) is 24.3 Å². The molecule has 0 radical (unpaired) electrons. The maximum absolute atomic E-state index is 9.06. The van der Waals surface area contributed by atoms with Crippen molar-refractivity contribution in [3.05, 3.63) is 35.4 Å². The molecule has 3 nitrogen and oxygen atoms in total. The van der Waals surface area contributed by atoms with Gasteiger partial charge in [0.1, 0.15) is 5.41 Å². The van der Waals surface area contributed by atoms with Gasteiger partial charge in [-0.3, -0.25) is 4.90 Å². The Morgan fingerprint density at radius 1 is 1.11 bits per heavy atom. The van der Waals surface area contributed by atoms with E-state index >= 15 is 0 Å². The fourth-order valence-electron chi connectivity index (χ4n) is 2.29. The van der Waals surface area contributed by atoms with Gasteiger partial charge >= 0.3 is 0 Å². The molecule has 0 atom stereocenters. The van der Waals surface area contributed by atoms with Gasteiger partial charge in [-0.15, -0.1) is 0 Å². The van der Waals surface area contributed by atoms with Crippen LogP contribution >= 0.6 is 0 Å². The molecule has 1 heterocycles. The number of hydrogen-bond acceptors (Lipinski definition) is 3. The Morgan fingerprint density at radius 3 is 2.17 bits per heavy atom. The van der Waals surface area contributed by atoms with Gasteiger partial charge in [-0.25, -0.2) is 0 Å². The number of rotatable bonds is 2. The van der Waals surface area contributed by atoms with Crippen molar-refractivity contribution >= 4 is 0 Å². The number of aryl methyl sites for hydroxylation is 1. The maximum atomic E-state index is 9.06. The van der Waals surface area contributed by atoms with Crippen molar-refractivity contribution in [1.29, 1.82) is 10.5 Å². The zero-order chi connectivity index (χ0) is 13.0. The van der Waals surface area contributed by atoms with Gasteiger partial charge in [-0.1, -0.05) is 29.8 Å². The molecular formula is C15H17N3. The smallest absolute Gasteiger partial charge is 0.146 e. The first-order valence-corrected chi connectivity index (χ1v) is 6.28. The second-order valence-corrected chi connectivity index (χ2v) is 5.07. The molecule has 0 spiro atoms. The number of likely N-dealkylation sites (tertiary alicyclic amines) is 1. The van der Waals surface area contributed by atoms with E-state index in [-0.39, 0.29) is 0 Å². The second kappa shape index (κ2) is 5.21. The third-order valence-electron chi connectivity index (χ3n) is 3.66. The standard InChI is InChI=1S/C15H17N3/c1-13-2-4-14(5-3-13)10-18-8-6-15(11-16,12-17)7-9-18/h2-5H,6-10H2,1H3. The zero-order valence-electron chi connectivity index (χ0n) is 10.7. The lowest BCUT2D eigenvalue weighted by molar-refractivity contribution is 0.169. The molecule has 0 N–H and O–H groups in total. The molecule has 0 aromatic heterocycles. The van der Waals surface area contributed by atoms with Crippen molar-refractivity contribution in [3.63, 3.8) is 0 Å². The van der Waals surface area contributed by atoms with E-state index in [9.17, 15) is 0 Å². The van der Waals surface area contributed by atoms with Gasteiger partial charge in [-0.05, 0) is 25.3 Å². The summed E-state index contributed by atoms with van der Waals surface area (Å²) in [7, 11) is 0. The Hall–Kier alpha value is -1.84. The van der Waals surface area contributed by atoms with Crippen LogP contribution < -0.4 is 0 Å². The monoisotopic (exact) mass is 239 g/mol. The van der Waals surface area contributed by atoms with Crippen LogP contribution in [0.2, 0.25) is 0 Å². The topological polar surface area (TPSA) is 50.8 Å². The van der Waals surface area contributed by atoms with E-state index in [2.05, 4.69) is 48.2 Å². The average Bonchev–Trinajstić information content (AvgIpc) is 2.43. The number of piperidine rings is 1. The molecular weight excluding hydrogens is 222 g/mol. The summed E-state index contributed by atoms with van der Waals surface area (Å²) in [6, 6.07) is 12.9. The van der Waals surface area contributed by atoms with E-state index in [1.807, 2.05) is 0 Å². The van der Waals surface area contributed by atoms with Gasteiger partial charge in [0.25, 0.3) is 0 Å². The quantitative estimate of drug-likeness (QED) is 0.797. The minimum absolute atomic E-state index is 0.659. The predicted octanol–water partition coefficient (Wildman–Crippen LogP) is 2.62. The Labute approximate surface area is 108 Å². The van der Waals surface area contributed by atoms with Gasteiger partial charge in [0.05, 0.1) is 12.1 Å². The van der Waals surface area contributed by atoms with Gasteiger partial charge in [-0.2, -0.15) is 10.5 Å². The van der Waals surface area contributed by atoms with Gasteiger partial charge in [0.15, 0.2) is 0 Å². The predicted molar refractivity (Wildman–Crippen MR) is 69.3 cm³/mol. The molecule has 2 rings (SSSR count). The Kier molecular flexibility index (Phi) is 3.65. The summed E-state index contributed by atoms with van der Waals surface area (Å²) in [4.78, 5) is 2.32. The summed E-state index contributed by atoms with van der Waals surface area (Å²) >= 11 is 0. The first kappa shape index (κ1) is 12.6. The summed E-state index contributed by atoms with van der Waals surface area (Å²) in [5, 5.41) is 18.1. The zero-order valence-corrected chi connectivity index (χ0v) is 10.7. The van der Waals surface area contributed by atoms with Crippen LogP contribution in [0.1, 0.15) is 24.0 Å². The normalized spacial score (nSPS) is 18.8. The van der Waals surface area contributed by atoms with Crippen molar-refractivity contribution in [2.75, 3.05) is 13.1 Å². The number of hydrogen-bond donors (Lipinski definition) is 0. The summed E-state index contributed by atoms with van der Waals surface area (Å²) in [6.45, 7) is 4.65. The van der Waals surface area contributed by atoms with Crippen molar-refractivity contribution in [3.8, 4) is 12.1 Å². The highest BCUT2D eigenvalue weighted by molar-refractivity contribution is 5.21. The van der Waals surface area contributed by atoms with Crippen LogP contribution in [-0.4, -0.2) is 18.0 Å². The lowest BCUT2D eigenvalue weighted by Gasteiger charge is -2.33. The van der Waals surface area contributed by atoms with E-state index in [1.54, 1.807) is 0 Å². The first-order chi connectivity index (χ1) is 8.67. The molecule has 1 aliphatic heterocycles. The molecule has 0 bridgehead atoms. The molecule has 1 aromatic carbocycles. The van der Waals surface area contributed by atoms with E-state index in [4.69, 9.17) is 10.5 Å². The summed E-state index contributed by atoms with van der Waals surface area (Å²) in [6.07, 6.45) is 1.32. The number of benzene rings is 1. The number of nitriles is 2. The second-order valence-electron chi connectivity index (χ2n) is 5.07. The summed E-state index contributed by atoms with van der Waals surface area (Å²) in [5.74, 6) is 0. The third-order valence-corrected chi connectivity index (χ3v) is 3.66. The van der Waals surface area contributed by atoms with E-state index in [1.165, 1.54) is 11.1 Å². The average molecular weight is 239 g/mol. The molecule has 1 aromatic rings. The lowest BCUT2D eigenvalue weighted by atomic mass is 9.81. The van der Waals surface area contributed by atoms with Gasteiger partial charge in [0, 0.05) is 19.6 Å². The fourth-order valence-corrected chi connectivity index (χ4v) is 2.29. The van der Waals surface area contributed by atoms with Gasteiger partial charge in [0.2, 0.25) is 0 Å².